The lowest BCUT2D eigenvalue weighted by Crippen LogP contribution is -2.55. The number of piperazine rings is 1. The second-order valence-electron chi connectivity index (χ2n) is 9.88. The van der Waals surface area contributed by atoms with Crippen molar-refractivity contribution in [2.45, 2.75) is 59.5 Å². The first kappa shape index (κ1) is 23.6. The molecular weight excluding hydrogens is 417 g/mol. The molecule has 4 rings (SSSR count). The van der Waals surface area contributed by atoms with E-state index >= 15 is 0 Å². The first-order valence-electron chi connectivity index (χ1n) is 12.0. The van der Waals surface area contributed by atoms with Crippen molar-refractivity contribution >= 4 is 11.7 Å². The van der Waals surface area contributed by atoms with Crippen LogP contribution < -0.4 is 0 Å². The van der Waals surface area contributed by atoms with Crippen LogP contribution in [0.1, 0.15) is 59.4 Å². The number of benzene rings is 1. The lowest BCUT2D eigenvalue weighted by atomic mass is 9.95. The summed E-state index contributed by atoms with van der Waals surface area (Å²) in [5.74, 6) is 0.578. The highest BCUT2D eigenvalue weighted by Crippen LogP contribution is 2.38. The van der Waals surface area contributed by atoms with E-state index in [1.54, 1.807) is 18.3 Å². The first-order chi connectivity index (χ1) is 15.7. The van der Waals surface area contributed by atoms with Crippen LogP contribution in [0.25, 0.3) is 0 Å². The Morgan fingerprint density at radius 3 is 2.52 bits per heavy atom. The van der Waals surface area contributed by atoms with Gasteiger partial charge in [0.1, 0.15) is 5.82 Å². The van der Waals surface area contributed by atoms with Crippen LogP contribution >= 0.6 is 0 Å². The summed E-state index contributed by atoms with van der Waals surface area (Å²) in [4.78, 5) is 34.1. The summed E-state index contributed by atoms with van der Waals surface area (Å²) < 4.78 is 14.5. The summed E-state index contributed by atoms with van der Waals surface area (Å²) in [6.07, 6.45) is 4.08. The molecule has 2 atom stereocenters. The Balaban J connectivity index is 1.42. The van der Waals surface area contributed by atoms with Crippen LogP contribution in [0.15, 0.2) is 30.5 Å². The third-order valence-corrected chi connectivity index (χ3v) is 7.28. The Kier molecular flexibility index (Phi) is 6.94. The second kappa shape index (κ2) is 9.72. The normalized spacial score (nSPS) is 20.0. The van der Waals surface area contributed by atoms with Gasteiger partial charge in [0.05, 0.1) is 0 Å². The van der Waals surface area contributed by atoms with Crippen molar-refractivity contribution in [1.82, 2.24) is 14.8 Å². The summed E-state index contributed by atoms with van der Waals surface area (Å²) in [5, 5.41) is 0. The molecule has 0 N–H and O–H groups in total. The van der Waals surface area contributed by atoms with Gasteiger partial charge in [-0.2, -0.15) is 0 Å². The van der Waals surface area contributed by atoms with E-state index in [0.29, 0.717) is 24.6 Å². The van der Waals surface area contributed by atoms with Crippen molar-refractivity contribution in [3.05, 3.63) is 64.2 Å². The Labute approximate surface area is 196 Å². The zero-order valence-electron chi connectivity index (χ0n) is 20.1. The van der Waals surface area contributed by atoms with Crippen LogP contribution in [-0.4, -0.2) is 52.2 Å². The maximum atomic E-state index is 14.5. The van der Waals surface area contributed by atoms with Gasteiger partial charge in [0, 0.05) is 62.0 Å². The molecule has 1 aliphatic carbocycles. The minimum atomic E-state index is -0.319. The molecule has 0 spiro atoms. The molecule has 1 saturated carbocycles. The van der Waals surface area contributed by atoms with E-state index in [1.165, 1.54) is 18.9 Å². The van der Waals surface area contributed by atoms with Crippen molar-refractivity contribution in [2.24, 2.45) is 11.8 Å². The van der Waals surface area contributed by atoms with Gasteiger partial charge < -0.3 is 4.90 Å². The number of carbonyl (C=O) groups is 2. The van der Waals surface area contributed by atoms with Crippen LogP contribution in [0.5, 0.6) is 0 Å². The maximum Gasteiger partial charge on any atom is 0.226 e. The molecule has 0 radical (unpaired) electrons. The molecular formula is C27H34FN3O2. The number of aryl methyl sites for hydroxylation is 1. The molecule has 2 aliphatic rings. The van der Waals surface area contributed by atoms with Crippen molar-refractivity contribution in [3.63, 3.8) is 0 Å². The fourth-order valence-electron chi connectivity index (χ4n) is 4.86. The SMILES string of the molecule is Cc1ccc(C(=O)Cc2cc(F)cc(CN3CCN(C(=O)C(C)C4CC4)[C@@H](C)C3)c2C)cn1. The molecule has 5 nitrogen and oxygen atoms in total. The quantitative estimate of drug-likeness (QED) is 0.588. The molecule has 33 heavy (non-hydrogen) atoms. The van der Waals surface area contributed by atoms with Crippen LogP contribution in [0.3, 0.4) is 0 Å². The third kappa shape index (κ3) is 5.49. The van der Waals surface area contributed by atoms with Gasteiger partial charge in [-0.25, -0.2) is 4.39 Å². The van der Waals surface area contributed by atoms with Gasteiger partial charge in [0.15, 0.2) is 5.78 Å². The molecule has 1 aromatic carbocycles. The molecule has 1 amide bonds. The molecule has 176 valence electrons. The topological polar surface area (TPSA) is 53.5 Å². The van der Waals surface area contributed by atoms with Crippen LogP contribution in [0.4, 0.5) is 4.39 Å². The number of rotatable bonds is 7. The molecule has 1 aliphatic heterocycles. The number of halogens is 1. The van der Waals surface area contributed by atoms with Gasteiger partial charge in [-0.05, 0) is 80.5 Å². The lowest BCUT2D eigenvalue weighted by Gasteiger charge is -2.41. The van der Waals surface area contributed by atoms with Gasteiger partial charge >= 0.3 is 0 Å². The van der Waals surface area contributed by atoms with E-state index in [2.05, 4.69) is 23.7 Å². The number of aromatic nitrogens is 1. The fourth-order valence-corrected chi connectivity index (χ4v) is 4.86. The molecule has 0 bridgehead atoms. The van der Waals surface area contributed by atoms with Crippen LogP contribution in [0, 0.1) is 31.5 Å². The van der Waals surface area contributed by atoms with Crippen molar-refractivity contribution in [3.8, 4) is 0 Å². The zero-order chi connectivity index (χ0) is 23.7. The number of amides is 1. The highest BCUT2D eigenvalue weighted by molar-refractivity contribution is 5.97. The summed E-state index contributed by atoms with van der Waals surface area (Å²) in [6, 6.07) is 6.77. The Morgan fingerprint density at radius 1 is 1.15 bits per heavy atom. The van der Waals surface area contributed by atoms with Gasteiger partial charge in [-0.1, -0.05) is 6.92 Å². The minimum Gasteiger partial charge on any atom is -0.337 e. The minimum absolute atomic E-state index is 0.0623. The molecule has 2 aromatic rings. The number of carbonyl (C=O) groups excluding carboxylic acids is 2. The highest BCUT2D eigenvalue weighted by atomic mass is 19.1. The number of ketones is 1. The third-order valence-electron chi connectivity index (χ3n) is 7.28. The molecule has 2 heterocycles. The Bertz CT molecular complexity index is 1030. The van der Waals surface area contributed by atoms with E-state index in [9.17, 15) is 14.0 Å². The average Bonchev–Trinajstić information content (AvgIpc) is 3.62. The van der Waals surface area contributed by atoms with Crippen molar-refractivity contribution in [2.75, 3.05) is 19.6 Å². The van der Waals surface area contributed by atoms with Gasteiger partial charge in [-0.15, -0.1) is 0 Å². The fraction of sp³-hybridized carbons (Fsp3) is 0.519. The van der Waals surface area contributed by atoms with E-state index < -0.39 is 0 Å². The number of hydrogen-bond donors (Lipinski definition) is 0. The standard InChI is InChI=1S/C27H34FN3O2/c1-17-5-6-22(14-29-17)26(32)13-23-11-25(28)12-24(19(23)3)16-30-9-10-31(18(2)15-30)27(33)20(4)21-7-8-21/h5-6,11-12,14,18,20-21H,7-10,13,15-16H2,1-4H3/t18-,20?/m0/s1. The van der Waals surface area contributed by atoms with Crippen molar-refractivity contribution in [1.29, 1.82) is 0 Å². The molecule has 1 saturated heterocycles. The molecule has 2 fully saturated rings. The van der Waals surface area contributed by atoms with Gasteiger partial charge in [0.25, 0.3) is 0 Å². The van der Waals surface area contributed by atoms with E-state index in [4.69, 9.17) is 0 Å². The number of pyridine rings is 1. The Morgan fingerprint density at radius 2 is 1.88 bits per heavy atom. The van der Waals surface area contributed by atoms with Crippen LogP contribution in [-0.2, 0) is 17.8 Å². The average molecular weight is 452 g/mol. The first-order valence-corrected chi connectivity index (χ1v) is 12.0. The lowest BCUT2D eigenvalue weighted by molar-refractivity contribution is -0.140. The molecule has 1 aromatic heterocycles. The summed E-state index contributed by atoms with van der Waals surface area (Å²) in [6.45, 7) is 10.9. The largest absolute Gasteiger partial charge is 0.337 e. The second-order valence-corrected chi connectivity index (χ2v) is 9.88. The van der Waals surface area contributed by atoms with E-state index in [0.717, 1.165) is 35.5 Å². The summed E-state index contributed by atoms with van der Waals surface area (Å²) >= 11 is 0. The van der Waals surface area contributed by atoms with Crippen molar-refractivity contribution < 1.29 is 14.0 Å². The van der Waals surface area contributed by atoms with E-state index in [-0.39, 0.29) is 35.9 Å². The van der Waals surface area contributed by atoms with Crippen LogP contribution in [0.2, 0.25) is 0 Å². The molecule has 6 heteroatoms. The number of hydrogen-bond acceptors (Lipinski definition) is 4. The predicted octanol–water partition coefficient (Wildman–Crippen LogP) is 4.34. The summed E-state index contributed by atoms with van der Waals surface area (Å²) in [7, 11) is 0. The monoisotopic (exact) mass is 451 g/mol. The van der Waals surface area contributed by atoms with Gasteiger partial charge in [0.2, 0.25) is 5.91 Å². The smallest absolute Gasteiger partial charge is 0.226 e. The van der Waals surface area contributed by atoms with Gasteiger partial charge in [-0.3, -0.25) is 19.5 Å². The maximum absolute atomic E-state index is 14.5. The zero-order valence-corrected chi connectivity index (χ0v) is 20.1. The number of Topliss-reactive ketones (excluding diaryl/α,β-unsaturated/α-hetero) is 1. The Hall–Kier alpha value is -2.60. The predicted molar refractivity (Wildman–Crippen MR) is 126 cm³/mol. The highest BCUT2D eigenvalue weighted by Gasteiger charge is 2.37. The van der Waals surface area contributed by atoms with E-state index in [1.807, 2.05) is 24.8 Å². The number of nitrogens with zero attached hydrogens (tertiary/aromatic N) is 3. The molecule has 1 unspecified atom stereocenters. The summed E-state index contributed by atoms with van der Waals surface area (Å²) in [5.41, 5.74) is 3.97.